The molecule has 0 bridgehead atoms. The van der Waals surface area contributed by atoms with E-state index < -0.39 is 27.2 Å². The van der Waals surface area contributed by atoms with Crippen molar-refractivity contribution in [1.82, 2.24) is 24.9 Å². The van der Waals surface area contributed by atoms with Crippen LogP contribution in [-0.4, -0.2) is 39.1 Å². The molecule has 0 aliphatic rings. The van der Waals surface area contributed by atoms with E-state index in [9.17, 15) is 17.2 Å². The Morgan fingerprint density at radius 2 is 1.72 bits per heavy atom. The number of imidazole rings is 1. The summed E-state index contributed by atoms with van der Waals surface area (Å²) >= 11 is 0. The summed E-state index contributed by atoms with van der Waals surface area (Å²) in [5.41, 5.74) is 1.41. The van der Waals surface area contributed by atoms with Crippen molar-refractivity contribution in [2.45, 2.75) is 11.9 Å². The third-order valence-corrected chi connectivity index (χ3v) is 6.76. The van der Waals surface area contributed by atoms with E-state index in [0.29, 0.717) is 22.6 Å². The number of fused-ring (bicyclic) bond motifs is 1. The van der Waals surface area contributed by atoms with Crippen LogP contribution in [0.3, 0.4) is 0 Å². The van der Waals surface area contributed by atoms with Gasteiger partial charge in [0, 0.05) is 24.5 Å². The van der Waals surface area contributed by atoms with Crippen LogP contribution >= 0.6 is 0 Å². The number of para-hydroxylation sites is 1. The van der Waals surface area contributed by atoms with Gasteiger partial charge >= 0.3 is 0 Å². The highest BCUT2D eigenvalue weighted by atomic mass is 32.2. The molecule has 9 nitrogen and oxygen atoms in total. The first-order valence-corrected chi connectivity index (χ1v) is 12.3. The second-order valence-electron chi connectivity index (χ2n) is 7.48. The summed E-state index contributed by atoms with van der Waals surface area (Å²) in [5.74, 6) is -1.89. The molecule has 0 saturated carbocycles. The molecule has 3 aromatic heterocycles. The van der Waals surface area contributed by atoms with E-state index in [-0.39, 0.29) is 28.0 Å². The summed E-state index contributed by atoms with van der Waals surface area (Å²) in [6.45, 7) is 1.52. The molecule has 0 fully saturated rings. The molecule has 0 aliphatic carbocycles. The fourth-order valence-electron chi connectivity index (χ4n) is 3.30. The Morgan fingerprint density at radius 1 is 0.944 bits per heavy atom. The Labute approximate surface area is 203 Å². The summed E-state index contributed by atoms with van der Waals surface area (Å²) in [5, 5.41) is -0.0973. The maximum atomic E-state index is 14.3. The minimum Gasteiger partial charge on any atom is -0.452 e. The van der Waals surface area contributed by atoms with E-state index >= 15 is 0 Å². The van der Waals surface area contributed by atoms with Gasteiger partial charge in [0.15, 0.2) is 49.6 Å². The second-order valence-corrected chi connectivity index (χ2v) is 9.71. The number of ether oxygens (including phenoxy) is 2. The zero-order valence-corrected chi connectivity index (χ0v) is 19.5. The zero-order chi connectivity index (χ0) is 25.3. The number of pyridine rings is 1. The van der Waals surface area contributed by atoms with E-state index in [4.69, 9.17) is 9.47 Å². The number of aromatic nitrogens is 5. The molecule has 0 amide bonds. The van der Waals surface area contributed by atoms with Crippen molar-refractivity contribution in [3.63, 3.8) is 0 Å². The number of sulfone groups is 1. The maximum absolute atomic E-state index is 14.3. The average molecular weight is 509 g/mol. The first-order chi connectivity index (χ1) is 17.3. The van der Waals surface area contributed by atoms with Crippen molar-refractivity contribution >= 4 is 20.9 Å². The van der Waals surface area contributed by atoms with Crippen LogP contribution < -0.4 is 9.47 Å². The number of hydrogen-bond acceptors (Lipinski definition) is 8. The van der Waals surface area contributed by atoms with Gasteiger partial charge in [-0.05, 0) is 24.3 Å². The van der Waals surface area contributed by atoms with E-state index in [1.54, 1.807) is 0 Å². The summed E-state index contributed by atoms with van der Waals surface area (Å²) in [7, 11) is -3.50. The van der Waals surface area contributed by atoms with Gasteiger partial charge in [0.05, 0.1) is 29.2 Å². The molecule has 0 spiro atoms. The third kappa shape index (κ3) is 4.58. The topological polar surface area (TPSA) is 120 Å². The van der Waals surface area contributed by atoms with Gasteiger partial charge in [0.1, 0.15) is 11.4 Å². The van der Waals surface area contributed by atoms with E-state index in [1.807, 2.05) is 0 Å². The molecule has 5 aromatic rings. The highest BCUT2D eigenvalue weighted by Crippen LogP contribution is 2.39. The minimum atomic E-state index is -3.50. The monoisotopic (exact) mass is 509 g/mol. The first kappa shape index (κ1) is 23.3. The molecule has 0 unspecified atom stereocenters. The molecule has 0 radical (unpaired) electrons. The van der Waals surface area contributed by atoms with Crippen molar-refractivity contribution in [3.05, 3.63) is 78.9 Å². The van der Waals surface area contributed by atoms with Crippen LogP contribution in [0.4, 0.5) is 8.78 Å². The molecule has 2 aromatic carbocycles. The van der Waals surface area contributed by atoms with Crippen LogP contribution in [0.2, 0.25) is 0 Å². The van der Waals surface area contributed by atoms with Gasteiger partial charge in [-0.15, -0.1) is 0 Å². The van der Waals surface area contributed by atoms with Gasteiger partial charge in [-0.1, -0.05) is 13.0 Å². The molecule has 0 atom stereocenters. The van der Waals surface area contributed by atoms with Crippen molar-refractivity contribution < 1.29 is 26.7 Å². The number of hydrogen-bond donors (Lipinski definition) is 1. The van der Waals surface area contributed by atoms with Crippen LogP contribution in [-0.2, 0) is 9.84 Å². The van der Waals surface area contributed by atoms with Crippen LogP contribution in [0.15, 0.2) is 72.3 Å². The van der Waals surface area contributed by atoms with Gasteiger partial charge in [0.2, 0.25) is 0 Å². The van der Waals surface area contributed by atoms with Crippen LogP contribution in [0.25, 0.3) is 22.6 Å². The van der Waals surface area contributed by atoms with Gasteiger partial charge in [-0.3, -0.25) is 4.98 Å². The van der Waals surface area contributed by atoms with Crippen molar-refractivity contribution in [2.24, 2.45) is 0 Å². The lowest BCUT2D eigenvalue weighted by atomic mass is 10.2. The van der Waals surface area contributed by atoms with E-state index in [2.05, 4.69) is 24.9 Å². The highest BCUT2D eigenvalue weighted by molar-refractivity contribution is 7.91. The summed E-state index contributed by atoms with van der Waals surface area (Å²) in [6.07, 6.45) is 5.80. The number of halogens is 2. The summed E-state index contributed by atoms with van der Waals surface area (Å²) in [6, 6.07) is 9.07. The molecule has 1 N–H and O–H groups in total. The van der Waals surface area contributed by atoms with Crippen molar-refractivity contribution in [3.8, 4) is 34.5 Å². The fraction of sp³-hybridized carbons (Fsp3) is 0.0833. The van der Waals surface area contributed by atoms with Crippen LogP contribution in [0, 0.1) is 11.6 Å². The molecule has 36 heavy (non-hydrogen) atoms. The minimum absolute atomic E-state index is 0.0334. The second kappa shape index (κ2) is 9.30. The van der Waals surface area contributed by atoms with E-state index in [0.717, 1.165) is 12.1 Å². The van der Waals surface area contributed by atoms with Gasteiger partial charge in [0.25, 0.3) is 0 Å². The van der Waals surface area contributed by atoms with Gasteiger partial charge < -0.3 is 14.5 Å². The number of nitrogens with one attached hydrogen (secondary N) is 1. The lowest BCUT2D eigenvalue weighted by molar-refractivity contribution is 0.381. The zero-order valence-electron chi connectivity index (χ0n) is 18.6. The Balaban J connectivity index is 1.58. The molecular formula is C24H17F2N5O4S. The molecule has 0 aliphatic heterocycles. The summed E-state index contributed by atoms with van der Waals surface area (Å²) < 4.78 is 64.2. The number of rotatable bonds is 7. The molecule has 0 saturated heterocycles. The van der Waals surface area contributed by atoms with Crippen molar-refractivity contribution in [2.75, 3.05) is 5.75 Å². The normalized spacial score (nSPS) is 11.5. The Bertz CT molecular complexity index is 1640. The lowest BCUT2D eigenvalue weighted by Crippen LogP contribution is -2.05. The standard InChI is InChI=1S/C24H17F2N5O4S/c1-2-36(32,33)22-7-6-14(12-29-22)34-20-10-17-18(31-24(30-17)19-13-27-8-9-28-19)11-21(20)35-23-15(25)4-3-5-16(23)26/h3-13H,2H2,1H3,(H,30,31). The van der Waals surface area contributed by atoms with Crippen LogP contribution in [0.5, 0.6) is 23.0 Å². The first-order valence-electron chi connectivity index (χ1n) is 10.6. The predicted octanol–water partition coefficient (Wildman–Crippen LogP) is 5.07. The molecule has 5 rings (SSSR count). The highest BCUT2D eigenvalue weighted by Gasteiger charge is 2.19. The number of aromatic amines is 1. The van der Waals surface area contributed by atoms with Crippen LogP contribution in [0.1, 0.15) is 6.92 Å². The molecule has 12 heteroatoms. The largest absolute Gasteiger partial charge is 0.452 e. The number of benzene rings is 2. The predicted molar refractivity (Wildman–Crippen MR) is 126 cm³/mol. The Kier molecular flexibility index (Phi) is 6.02. The Hall–Kier alpha value is -4.45. The maximum Gasteiger partial charge on any atom is 0.198 e. The number of nitrogens with zero attached hydrogens (tertiary/aromatic N) is 4. The molecular weight excluding hydrogens is 492 g/mol. The Morgan fingerprint density at radius 3 is 2.39 bits per heavy atom. The van der Waals surface area contributed by atoms with Gasteiger partial charge in [-0.25, -0.2) is 32.2 Å². The third-order valence-electron chi connectivity index (χ3n) is 5.12. The lowest BCUT2D eigenvalue weighted by Gasteiger charge is -2.13. The fourth-order valence-corrected chi connectivity index (χ4v) is 4.08. The van der Waals surface area contributed by atoms with Gasteiger partial charge in [-0.2, -0.15) is 0 Å². The smallest absolute Gasteiger partial charge is 0.198 e. The number of H-pyrrole nitrogens is 1. The van der Waals surface area contributed by atoms with E-state index in [1.165, 1.54) is 62.0 Å². The average Bonchev–Trinajstić information content (AvgIpc) is 3.30. The molecule has 182 valence electrons. The quantitative estimate of drug-likeness (QED) is 0.323. The molecule has 3 heterocycles. The SMILES string of the molecule is CCS(=O)(=O)c1ccc(Oc2cc3[nH]c(-c4cnccn4)nc3cc2Oc2c(F)cccc2F)cn1. The summed E-state index contributed by atoms with van der Waals surface area (Å²) in [4.78, 5) is 19.7. The van der Waals surface area contributed by atoms with Crippen molar-refractivity contribution in [1.29, 1.82) is 0 Å².